The molecule has 3 aliphatic carbocycles. The molecule has 0 spiro atoms. The topological polar surface area (TPSA) is 41.6 Å². The highest BCUT2D eigenvalue weighted by Gasteiger charge is 2.38. The summed E-state index contributed by atoms with van der Waals surface area (Å²) in [5, 5.41) is 3.40. The molecule has 0 bridgehead atoms. The Morgan fingerprint density at radius 2 is 2.00 bits per heavy atom. The van der Waals surface area contributed by atoms with E-state index < -0.39 is 0 Å². The quantitative estimate of drug-likeness (QED) is 0.383. The van der Waals surface area contributed by atoms with Crippen LogP contribution in [0, 0.1) is 11.8 Å². The summed E-state index contributed by atoms with van der Waals surface area (Å²) in [5.74, 6) is 0.313. The van der Waals surface area contributed by atoms with Gasteiger partial charge in [-0.25, -0.2) is 4.79 Å². The van der Waals surface area contributed by atoms with Crippen LogP contribution < -0.4 is 5.32 Å². The molecular formula is C30H31ClN2O2. The first kappa shape index (κ1) is 23.5. The monoisotopic (exact) mass is 486 g/mol. The van der Waals surface area contributed by atoms with E-state index in [-0.39, 0.29) is 23.3 Å². The molecule has 0 fully saturated rings. The first-order valence-electron chi connectivity index (χ1n) is 12.3. The summed E-state index contributed by atoms with van der Waals surface area (Å²) in [6.07, 6.45) is 24.3. The van der Waals surface area contributed by atoms with E-state index in [0.717, 1.165) is 30.8 Å². The number of benzene rings is 1. The smallest absolute Gasteiger partial charge is 0.339 e. The number of allylic oxidation sites excluding steroid dienone is 8. The highest BCUT2D eigenvalue weighted by Crippen LogP contribution is 2.41. The summed E-state index contributed by atoms with van der Waals surface area (Å²) < 4.78 is 5.04. The molecule has 5 rings (SSSR count). The molecule has 0 saturated carbocycles. The molecule has 5 heteroatoms. The molecule has 4 nitrogen and oxygen atoms in total. The van der Waals surface area contributed by atoms with Crippen molar-refractivity contribution in [3.8, 4) is 0 Å². The third-order valence-electron chi connectivity index (χ3n) is 7.02. The van der Waals surface area contributed by atoms with Gasteiger partial charge in [0.2, 0.25) is 0 Å². The predicted octanol–water partition coefficient (Wildman–Crippen LogP) is 5.93. The van der Waals surface area contributed by atoms with Crippen molar-refractivity contribution < 1.29 is 9.53 Å². The van der Waals surface area contributed by atoms with Gasteiger partial charge in [0.15, 0.2) is 0 Å². The first-order valence-corrected chi connectivity index (χ1v) is 12.7. The maximum absolute atomic E-state index is 12.5. The van der Waals surface area contributed by atoms with Crippen LogP contribution in [0.1, 0.15) is 24.8 Å². The van der Waals surface area contributed by atoms with E-state index >= 15 is 0 Å². The normalized spacial score (nSPS) is 27.0. The molecule has 1 heterocycles. The number of alkyl halides is 1. The highest BCUT2D eigenvalue weighted by molar-refractivity contribution is 6.22. The van der Waals surface area contributed by atoms with Crippen LogP contribution in [0.4, 0.5) is 0 Å². The second kappa shape index (κ2) is 10.6. The van der Waals surface area contributed by atoms with Crippen LogP contribution in [-0.4, -0.2) is 29.4 Å². The van der Waals surface area contributed by atoms with Gasteiger partial charge in [0.1, 0.15) is 0 Å². The van der Waals surface area contributed by atoms with E-state index in [4.69, 9.17) is 16.3 Å². The van der Waals surface area contributed by atoms with Crippen molar-refractivity contribution in [2.45, 2.75) is 37.2 Å². The first-order chi connectivity index (χ1) is 17.1. The number of nitrogens with one attached hydrogen (secondary N) is 1. The van der Waals surface area contributed by atoms with E-state index in [9.17, 15) is 4.79 Å². The Balaban J connectivity index is 1.42. The van der Waals surface area contributed by atoms with E-state index in [1.54, 1.807) is 6.08 Å². The zero-order valence-corrected chi connectivity index (χ0v) is 20.7. The van der Waals surface area contributed by atoms with Crippen molar-refractivity contribution in [1.29, 1.82) is 0 Å². The van der Waals surface area contributed by atoms with Crippen molar-refractivity contribution in [2.75, 3.05) is 7.11 Å². The Morgan fingerprint density at radius 1 is 1.14 bits per heavy atom. The molecule has 4 aliphatic rings. The number of ether oxygens (including phenoxy) is 1. The van der Waals surface area contributed by atoms with Crippen LogP contribution in [0.15, 0.2) is 114 Å². The predicted molar refractivity (Wildman–Crippen MR) is 141 cm³/mol. The number of hydrogen-bond acceptors (Lipinski definition) is 4. The molecule has 35 heavy (non-hydrogen) atoms. The Bertz CT molecular complexity index is 1170. The van der Waals surface area contributed by atoms with Crippen molar-refractivity contribution in [2.24, 2.45) is 11.8 Å². The average Bonchev–Trinajstić information content (AvgIpc) is 3.23. The van der Waals surface area contributed by atoms with Gasteiger partial charge in [-0.2, -0.15) is 0 Å². The lowest BCUT2D eigenvalue weighted by Crippen LogP contribution is -2.37. The van der Waals surface area contributed by atoms with Gasteiger partial charge in [0, 0.05) is 23.9 Å². The Labute approximate surface area is 212 Å². The van der Waals surface area contributed by atoms with Crippen LogP contribution in [-0.2, 0) is 16.1 Å². The summed E-state index contributed by atoms with van der Waals surface area (Å²) in [7, 11) is 1.41. The third kappa shape index (κ3) is 5.23. The van der Waals surface area contributed by atoms with E-state index in [1.165, 1.54) is 18.2 Å². The standard InChI is InChI=1S/C30H31ClN2O2/c1-35-30(34)25-18-24(31)15-16-26(25)32-27-13-8-14-28-29(27)23(17-21-9-4-2-5-10-21)20-33(28)19-22-11-6-3-7-12-22/h2-9,11-14,16,18,20-21,24,28-29,32H,10,15,17,19H2,1H3. The molecule has 1 aliphatic heterocycles. The fraction of sp³-hybridized carbons (Fsp3) is 0.300. The van der Waals surface area contributed by atoms with Gasteiger partial charge in [-0.15, -0.1) is 11.6 Å². The molecule has 0 saturated heterocycles. The number of halogens is 1. The third-order valence-corrected chi connectivity index (χ3v) is 7.32. The van der Waals surface area contributed by atoms with Crippen LogP contribution >= 0.6 is 11.6 Å². The molecule has 180 valence electrons. The zero-order valence-electron chi connectivity index (χ0n) is 19.9. The number of hydrogen-bond donors (Lipinski definition) is 1. The number of fused-ring (bicyclic) bond motifs is 1. The fourth-order valence-corrected chi connectivity index (χ4v) is 5.56. The van der Waals surface area contributed by atoms with Crippen LogP contribution in [0.25, 0.3) is 0 Å². The van der Waals surface area contributed by atoms with E-state index in [0.29, 0.717) is 17.9 Å². The van der Waals surface area contributed by atoms with Gasteiger partial charge in [-0.05, 0) is 54.7 Å². The lowest BCUT2D eigenvalue weighted by molar-refractivity contribution is -0.135. The number of esters is 1. The summed E-state index contributed by atoms with van der Waals surface area (Å²) >= 11 is 6.33. The van der Waals surface area contributed by atoms with Gasteiger partial charge in [-0.3, -0.25) is 0 Å². The van der Waals surface area contributed by atoms with Crippen LogP contribution in [0.2, 0.25) is 0 Å². The minimum atomic E-state index is -0.371. The number of nitrogens with zero attached hydrogens (tertiary/aromatic N) is 1. The number of rotatable bonds is 7. The molecule has 1 aromatic carbocycles. The van der Waals surface area contributed by atoms with Crippen molar-refractivity contribution >= 4 is 17.6 Å². The Morgan fingerprint density at radius 3 is 2.77 bits per heavy atom. The molecule has 1 N–H and O–H groups in total. The Hall–Kier alpha value is -3.24. The van der Waals surface area contributed by atoms with Gasteiger partial charge < -0.3 is 15.0 Å². The fourth-order valence-electron chi connectivity index (χ4n) is 5.34. The number of carbonyl (C=O) groups is 1. The number of carbonyl (C=O) groups excluding carboxylic acids is 1. The minimum absolute atomic E-state index is 0.191. The van der Waals surface area contributed by atoms with Gasteiger partial charge in [0.25, 0.3) is 0 Å². The van der Waals surface area contributed by atoms with E-state index in [2.05, 4.69) is 89.3 Å². The lowest BCUT2D eigenvalue weighted by atomic mass is 9.82. The largest absolute Gasteiger partial charge is 0.465 e. The van der Waals surface area contributed by atoms with Crippen LogP contribution in [0.5, 0.6) is 0 Å². The molecule has 1 aromatic rings. The molecule has 4 unspecified atom stereocenters. The van der Waals surface area contributed by atoms with Gasteiger partial charge >= 0.3 is 5.97 Å². The summed E-state index contributed by atoms with van der Waals surface area (Å²) in [6.45, 7) is 0.855. The zero-order chi connectivity index (χ0) is 24.2. The minimum Gasteiger partial charge on any atom is -0.465 e. The van der Waals surface area contributed by atoms with Crippen molar-refractivity contribution in [3.05, 3.63) is 119 Å². The summed E-state index contributed by atoms with van der Waals surface area (Å²) in [4.78, 5) is 14.9. The molecule has 0 amide bonds. The lowest BCUT2D eigenvalue weighted by Gasteiger charge is -2.33. The second-order valence-electron chi connectivity index (χ2n) is 9.42. The summed E-state index contributed by atoms with van der Waals surface area (Å²) in [6, 6.07) is 10.8. The van der Waals surface area contributed by atoms with E-state index in [1.807, 2.05) is 6.08 Å². The molecule has 4 atom stereocenters. The maximum atomic E-state index is 12.5. The van der Waals surface area contributed by atoms with Gasteiger partial charge in [0.05, 0.1) is 24.1 Å². The SMILES string of the molecule is COC(=O)C1=CC(Cl)CC=C1NC1=CC=CC2C1C(CC1C=CC=CC1)=CN2Cc1ccccc1. The summed E-state index contributed by atoms with van der Waals surface area (Å²) in [5.41, 5.74) is 5.07. The average molecular weight is 487 g/mol. The number of methoxy groups -OCH3 is 1. The molecule has 0 aromatic heterocycles. The van der Waals surface area contributed by atoms with Gasteiger partial charge in [-0.1, -0.05) is 72.9 Å². The van der Waals surface area contributed by atoms with Crippen molar-refractivity contribution in [1.82, 2.24) is 10.2 Å². The second-order valence-corrected chi connectivity index (χ2v) is 9.98. The highest BCUT2D eigenvalue weighted by atomic mass is 35.5. The molecule has 0 radical (unpaired) electrons. The van der Waals surface area contributed by atoms with Crippen LogP contribution in [0.3, 0.4) is 0 Å². The molecular weight excluding hydrogens is 456 g/mol. The maximum Gasteiger partial charge on any atom is 0.339 e. The Kier molecular flexibility index (Phi) is 7.10. The van der Waals surface area contributed by atoms with Crippen molar-refractivity contribution in [3.63, 3.8) is 0 Å².